The topological polar surface area (TPSA) is 95.3 Å². The molecule has 1 amide bonds. The number of hydrogen-bond acceptors (Lipinski definition) is 5. The lowest BCUT2D eigenvalue weighted by Gasteiger charge is -2.04. The fraction of sp³-hybridized carbons (Fsp3) is 0. The van der Waals surface area contributed by atoms with Gasteiger partial charge in [0.25, 0.3) is 5.91 Å². The second kappa shape index (κ2) is 5.39. The molecule has 0 fully saturated rings. The average Bonchev–Trinajstić information content (AvgIpc) is 2.40. The highest BCUT2D eigenvalue weighted by Gasteiger charge is 2.13. The van der Waals surface area contributed by atoms with Gasteiger partial charge in [0, 0.05) is 17.9 Å². The predicted molar refractivity (Wildman–Crippen MR) is 66.3 cm³/mol. The summed E-state index contributed by atoms with van der Waals surface area (Å²) in [5.74, 6) is 0.0169. The Morgan fingerprint density at radius 2 is 2.00 bits per heavy atom. The molecule has 0 unspecified atom stereocenters. The minimum absolute atomic E-state index is 0.171. The molecular formula is C11H10BN3O3. The van der Waals surface area contributed by atoms with Gasteiger partial charge >= 0.3 is 7.12 Å². The van der Waals surface area contributed by atoms with Gasteiger partial charge in [0.2, 0.25) is 0 Å². The highest BCUT2D eigenvalue weighted by atomic mass is 16.4. The highest BCUT2D eigenvalue weighted by Crippen LogP contribution is 2.02. The number of hydrogen-bond donors (Lipinski definition) is 3. The van der Waals surface area contributed by atoms with E-state index in [1.54, 1.807) is 24.4 Å². The second-order valence-electron chi connectivity index (χ2n) is 3.52. The number of rotatable bonds is 3. The van der Waals surface area contributed by atoms with Crippen LogP contribution in [0.25, 0.3) is 0 Å². The van der Waals surface area contributed by atoms with Crippen LogP contribution >= 0.6 is 0 Å². The molecule has 0 saturated heterocycles. The number of carbonyl (C=O) groups excluding carboxylic acids is 1. The van der Waals surface area contributed by atoms with E-state index in [0.29, 0.717) is 5.82 Å². The Hall–Kier alpha value is -2.25. The molecule has 6 nitrogen and oxygen atoms in total. The van der Waals surface area contributed by atoms with Gasteiger partial charge in [-0.1, -0.05) is 12.1 Å². The van der Waals surface area contributed by atoms with Gasteiger partial charge in [-0.05, 0) is 18.2 Å². The smallest absolute Gasteiger partial charge is 0.423 e. The van der Waals surface area contributed by atoms with Crippen molar-refractivity contribution < 1.29 is 14.8 Å². The van der Waals surface area contributed by atoms with Crippen LogP contribution in [-0.2, 0) is 0 Å². The zero-order chi connectivity index (χ0) is 13.0. The van der Waals surface area contributed by atoms with Crippen LogP contribution in [0.5, 0.6) is 0 Å². The maximum atomic E-state index is 11.8. The lowest BCUT2D eigenvalue weighted by atomic mass is 9.82. The van der Waals surface area contributed by atoms with E-state index in [1.165, 1.54) is 18.3 Å². The molecule has 3 N–H and O–H groups in total. The van der Waals surface area contributed by atoms with Crippen LogP contribution in [0.1, 0.15) is 10.5 Å². The summed E-state index contributed by atoms with van der Waals surface area (Å²) < 4.78 is 0. The molecule has 18 heavy (non-hydrogen) atoms. The van der Waals surface area contributed by atoms with E-state index in [2.05, 4.69) is 15.3 Å². The van der Waals surface area contributed by atoms with Crippen molar-refractivity contribution in [3.63, 3.8) is 0 Å². The molecule has 2 aromatic heterocycles. The number of pyridine rings is 2. The van der Waals surface area contributed by atoms with Crippen molar-refractivity contribution in [2.45, 2.75) is 0 Å². The van der Waals surface area contributed by atoms with E-state index < -0.39 is 13.0 Å². The van der Waals surface area contributed by atoms with Crippen LogP contribution < -0.4 is 10.8 Å². The summed E-state index contributed by atoms with van der Waals surface area (Å²) in [6.07, 6.45) is 2.80. The minimum atomic E-state index is -1.59. The van der Waals surface area contributed by atoms with Crippen LogP contribution in [0.3, 0.4) is 0 Å². The molecule has 0 aromatic carbocycles. The number of aromatic nitrogens is 2. The Labute approximate surface area is 103 Å². The van der Waals surface area contributed by atoms with Crippen molar-refractivity contribution in [3.8, 4) is 0 Å². The summed E-state index contributed by atoms with van der Waals surface area (Å²) in [4.78, 5) is 19.5. The Morgan fingerprint density at radius 1 is 1.17 bits per heavy atom. The van der Waals surface area contributed by atoms with Gasteiger partial charge in [-0.3, -0.25) is 9.78 Å². The molecule has 0 aliphatic carbocycles. The molecule has 0 spiro atoms. The Kier molecular flexibility index (Phi) is 3.66. The predicted octanol–water partition coefficient (Wildman–Crippen LogP) is -0.591. The van der Waals surface area contributed by atoms with Crippen molar-refractivity contribution in [1.29, 1.82) is 0 Å². The molecule has 0 aliphatic rings. The standard InChI is InChI=1S/C11H10BN3O3/c16-11(15-10-3-1-2-6-13-10)9-5-4-8(7-14-9)12(17)18/h1-7,17-18H,(H,13,15,16). The number of amides is 1. The van der Waals surface area contributed by atoms with Gasteiger partial charge in [0.15, 0.2) is 0 Å². The number of nitrogens with zero attached hydrogens (tertiary/aromatic N) is 2. The number of anilines is 1. The summed E-state index contributed by atoms with van der Waals surface area (Å²) in [5.41, 5.74) is 0.398. The Morgan fingerprint density at radius 3 is 2.56 bits per heavy atom. The molecule has 2 aromatic rings. The third kappa shape index (κ3) is 2.90. The molecule has 0 aliphatic heterocycles. The van der Waals surface area contributed by atoms with Gasteiger partial charge in [-0.2, -0.15) is 0 Å². The SMILES string of the molecule is O=C(Nc1ccccn1)c1ccc(B(O)O)cn1. The van der Waals surface area contributed by atoms with Crippen molar-refractivity contribution >= 4 is 24.3 Å². The lowest BCUT2D eigenvalue weighted by molar-refractivity contribution is 0.102. The normalized spacial score (nSPS) is 9.89. The number of carbonyl (C=O) groups is 1. The van der Waals surface area contributed by atoms with E-state index >= 15 is 0 Å². The zero-order valence-electron chi connectivity index (χ0n) is 9.32. The summed E-state index contributed by atoms with van der Waals surface area (Å²) >= 11 is 0. The van der Waals surface area contributed by atoms with Gasteiger partial charge in [-0.25, -0.2) is 4.98 Å². The van der Waals surface area contributed by atoms with E-state index in [9.17, 15) is 4.79 Å². The first-order valence-electron chi connectivity index (χ1n) is 5.21. The summed E-state index contributed by atoms with van der Waals surface area (Å²) in [6.45, 7) is 0. The summed E-state index contributed by atoms with van der Waals surface area (Å²) in [5, 5.41) is 20.4. The first-order chi connectivity index (χ1) is 8.66. The van der Waals surface area contributed by atoms with Crippen LogP contribution in [-0.4, -0.2) is 33.0 Å². The fourth-order valence-corrected chi connectivity index (χ4v) is 1.31. The molecule has 2 heterocycles. The molecule has 0 saturated carbocycles. The number of nitrogens with one attached hydrogen (secondary N) is 1. The molecule has 0 atom stereocenters. The van der Waals surface area contributed by atoms with Gasteiger partial charge in [0.05, 0.1) is 0 Å². The summed E-state index contributed by atoms with van der Waals surface area (Å²) in [7, 11) is -1.59. The highest BCUT2D eigenvalue weighted by molar-refractivity contribution is 6.58. The fourth-order valence-electron chi connectivity index (χ4n) is 1.31. The van der Waals surface area contributed by atoms with E-state index in [4.69, 9.17) is 10.0 Å². The second-order valence-corrected chi connectivity index (χ2v) is 3.52. The molecule has 90 valence electrons. The van der Waals surface area contributed by atoms with Crippen LogP contribution in [0.15, 0.2) is 42.7 Å². The van der Waals surface area contributed by atoms with E-state index in [-0.39, 0.29) is 11.2 Å². The zero-order valence-corrected chi connectivity index (χ0v) is 9.32. The quantitative estimate of drug-likeness (QED) is 0.626. The first kappa shape index (κ1) is 12.2. The van der Waals surface area contributed by atoms with E-state index in [0.717, 1.165) is 0 Å². The van der Waals surface area contributed by atoms with Crippen molar-refractivity contribution in [1.82, 2.24) is 9.97 Å². The lowest BCUT2D eigenvalue weighted by Crippen LogP contribution is -2.30. The maximum Gasteiger partial charge on any atom is 0.490 e. The Balaban J connectivity index is 2.10. The van der Waals surface area contributed by atoms with Crippen molar-refractivity contribution in [3.05, 3.63) is 48.4 Å². The average molecular weight is 243 g/mol. The van der Waals surface area contributed by atoms with Crippen molar-refractivity contribution in [2.24, 2.45) is 0 Å². The summed E-state index contributed by atoms with van der Waals surface area (Å²) in [6, 6.07) is 7.98. The molecule has 7 heteroatoms. The largest absolute Gasteiger partial charge is 0.490 e. The third-order valence-electron chi connectivity index (χ3n) is 2.22. The monoisotopic (exact) mass is 243 g/mol. The van der Waals surface area contributed by atoms with Crippen LogP contribution in [0.4, 0.5) is 5.82 Å². The molecule has 2 rings (SSSR count). The molecular weight excluding hydrogens is 233 g/mol. The Bertz CT molecular complexity index is 531. The van der Waals surface area contributed by atoms with Gasteiger partial charge < -0.3 is 15.4 Å². The minimum Gasteiger partial charge on any atom is -0.423 e. The van der Waals surface area contributed by atoms with Gasteiger partial charge in [-0.15, -0.1) is 0 Å². The maximum absolute atomic E-state index is 11.8. The molecule has 0 radical (unpaired) electrons. The van der Waals surface area contributed by atoms with Crippen LogP contribution in [0, 0.1) is 0 Å². The van der Waals surface area contributed by atoms with Gasteiger partial charge in [0.1, 0.15) is 11.5 Å². The third-order valence-corrected chi connectivity index (χ3v) is 2.22. The molecule has 0 bridgehead atoms. The van der Waals surface area contributed by atoms with E-state index in [1.807, 2.05) is 0 Å². The first-order valence-corrected chi connectivity index (χ1v) is 5.21. The van der Waals surface area contributed by atoms with Crippen molar-refractivity contribution in [2.75, 3.05) is 5.32 Å². The van der Waals surface area contributed by atoms with Crippen LogP contribution in [0.2, 0.25) is 0 Å².